The molecule has 8 heavy (non-hydrogen) atoms. The van der Waals surface area contributed by atoms with Crippen molar-refractivity contribution in [1.29, 1.82) is 5.26 Å². The zero-order valence-electron chi connectivity index (χ0n) is 4.39. The van der Waals surface area contributed by atoms with Crippen LogP contribution >= 0.6 is 11.6 Å². The fourth-order valence-electron chi connectivity index (χ4n) is 0.213. The average molecular weight is 133 g/mol. The molecule has 0 spiro atoms. The fourth-order valence-corrected chi connectivity index (χ4v) is 0.297. The zero-order valence-corrected chi connectivity index (χ0v) is 5.15. The van der Waals surface area contributed by atoms with Gasteiger partial charge < -0.3 is 0 Å². The highest BCUT2D eigenvalue weighted by Crippen LogP contribution is 1.67. The van der Waals surface area contributed by atoms with Gasteiger partial charge >= 0.3 is 0 Å². The number of nitriles is 1. The largest absolute Gasteiger partial charge is 0.226 e. The van der Waals surface area contributed by atoms with Crippen molar-refractivity contribution in [3.63, 3.8) is 0 Å². The van der Waals surface area contributed by atoms with Crippen LogP contribution in [0.2, 0.25) is 0 Å². The van der Waals surface area contributed by atoms with E-state index in [9.17, 15) is 0 Å². The second kappa shape index (κ2) is 6.70. The van der Waals surface area contributed by atoms with Crippen molar-refractivity contribution in [2.45, 2.75) is 0 Å². The van der Waals surface area contributed by atoms with E-state index in [2.05, 4.69) is 10.9 Å². The minimum Gasteiger partial charge on any atom is -0.226 e. The third kappa shape index (κ3) is 5.70. The molecule has 0 rings (SSSR count). The summed E-state index contributed by atoms with van der Waals surface area (Å²) in [5.74, 6) is 0.498. The van der Waals surface area contributed by atoms with Gasteiger partial charge in [0.1, 0.15) is 0 Å². The molecule has 3 nitrogen and oxygen atoms in total. The molecule has 0 fully saturated rings. The summed E-state index contributed by atoms with van der Waals surface area (Å²) >= 11 is 5.26. The highest BCUT2D eigenvalue weighted by Gasteiger charge is 1.81. The fraction of sp³-hybridized carbons (Fsp3) is 0.750. The molecule has 0 aliphatic rings. The minimum atomic E-state index is 0.261. The van der Waals surface area contributed by atoms with Crippen LogP contribution in [-0.2, 0) is 0 Å². The molecule has 0 heterocycles. The molecule has 0 aromatic carbocycles. The Hall–Kier alpha value is -0.300. The molecule has 4 heteroatoms. The maximum atomic E-state index is 7.96. The summed E-state index contributed by atoms with van der Waals surface area (Å²) in [6.07, 6.45) is 0. The molecule has 1 N–H and O–H groups in total. The van der Waals surface area contributed by atoms with Crippen LogP contribution < -0.4 is 10.9 Å². The van der Waals surface area contributed by atoms with Gasteiger partial charge in [-0.25, -0.2) is 5.43 Å². The van der Waals surface area contributed by atoms with Crippen LogP contribution in [0.1, 0.15) is 0 Å². The third-order valence-corrected chi connectivity index (χ3v) is 0.635. The summed E-state index contributed by atoms with van der Waals surface area (Å²) in [4.78, 5) is 0. The lowest BCUT2D eigenvalue weighted by molar-refractivity contribution is 0.582. The summed E-state index contributed by atoms with van der Waals surface area (Å²) in [7, 11) is 0. The topological polar surface area (TPSA) is 49.9 Å². The maximum Gasteiger partial charge on any atom is 0.0988 e. The maximum absolute atomic E-state index is 7.96. The second-order valence-corrected chi connectivity index (χ2v) is 1.44. The van der Waals surface area contributed by atoms with Crippen LogP contribution in [-0.4, -0.2) is 19.0 Å². The molecule has 0 unspecified atom stereocenters. The van der Waals surface area contributed by atoms with E-state index >= 15 is 0 Å². The highest BCUT2D eigenvalue weighted by atomic mass is 35.5. The van der Waals surface area contributed by atoms with Crippen molar-refractivity contribution in [2.75, 3.05) is 19.0 Å². The first-order valence-electron chi connectivity index (χ1n) is 2.24. The molecule has 1 radical (unpaired) electrons. The Morgan fingerprint density at radius 3 is 3.00 bits per heavy atom. The Morgan fingerprint density at radius 2 is 2.50 bits per heavy atom. The smallest absolute Gasteiger partial charge is 0.0988 e. The lowest BCUT2D eigenvalue weighted by Gasteiger charge is -1.93. The second-order valence-electron chi connectivity index (χ2n) is 1.06. The minimum absolute atomic E-state index is 0.261. The number of hydrogen-bond donors (Lipinski definition) is 1. The normalized spacial score (nSPS) is 8.50. The van der Waals surface area contributed by atoms with E-state index < -0.39 is 0 Å². The monoisotopic (exact) mass is 132 g/mol. The van der Waals surface area contributed by atoms with Gasteiger partial charge in [-0.15, -0.1) is 11.6 Å². The number of alkyl halides is 1. The summed E-state index contributed by atoms with van der Waals surface area (Å²) in [5, 5.41) is 7.96. The molecule has 0 amide bonds. The first-order valence-corrected chi connectivity index (χ1v) is 2.77. The Balaban J connectivity index is 2.65. The van der Waals surface area contributed by atoms with E-state index in [4.69, 9.17) is 16.9 Å². The molecular weight excluding hydrogens is 126 g/mol. The van der Waals surface area contributed by atoms with Crippen molar-refractivity contribution >= 4 is 11.6 Å². The Kier molecular flexibility index (Phi) is 6.45. The Morgan fingerprint density at radius 1 is 1.75 bits per heavy atom. The zero-order chi connectivity index (χ0) is 6.24. The van der Waals surface area contributed by atoms with Gasteiger partial charge in [-0.05, 0) is 0 Å². The van der Waals surface area contributed by atoms with Gasteiger partial charge in [-0.3, -0.25) is 0 Å². The van der Waals surface area contributed by atoms with E-state index in [1.165, 1.54) is 0 Å². The van der Waals surface area contributed by atoms with E-state index in [-0.39, 0.29) is 6.54 Å². The standard InChI is InChI=1S/C4H7ClN3/c5-1-3-7-8-4-2-6/h8H,1,3-4H2. The van der Waals surface area contributed by atoms with Crippen molar-refractivity contribution in [1.82, 2.24) is 10.9 Å². The van der Waals surface area contributed by atoms with Gasteiger partial charge in [0, 0.05) is 12.4 Å². The quantitative estimate of drug-likeness (QED) is 0.251. The molecule has 0 saturated carbocycles. The molecule has 0 saturated heterocycles. The van der Waals surface area contributed by atoms with Crippen LogP contribution in [0.5, 0.6) is 0 Å². The summed E-state index contributed by atoms with van der Waals surface area (Å²) in [5.41, 5.74) is 6.19. The summed E-state index contributed by atoms with van der Waals surface area (Å²) in [6, 6.07) is 1.88. The van der Waals surface area contributed by atoms with Gasteiger partial charge in [0.15, 0.2) is 0 Å². The third-order valence-electron chi connectivity index (χ3n) is 0.466. The molecule has 45 valence electrons. The van der Waals surface area contributed by atoms with Gasteiger partial charge in [0.2, 0.25) is 0 Å². The van der Waals surface area contributed by atoms with Gasteiger partial charge in [-0.2, -0.15) is 10.7 Å². The first kappa shape index (κ1) is 7.70. The van der Waals surface area contributed by atoms with Crippen LogP contribution in [0.3, 0.4) is 0 Å². The SMILES string of the molecule is N#CCN[N]CCCl. The molecule has 0 aliphatic carbocycles. The lowest BCUT2D eigenvalue weighted by Crippen LogP contribution is -2.26. The molecule has 0 bridgehead atoms. The van der Waals surface area contributed by atoms with Crippen molar-refractivity contribution < 1.29 is 0 Å². The van der Waals surface area contributed by atoms with Crippen LogP contribution in [0, 0.1) is 11.3 Å². The van der Waals surface area contributed by atoms with Crippen molar-refractivity contribution in [3.8, 4) is 6.07 Å². The number of nitrogens with zero attached hydrogens (tertiary/aromatic N) is 2. The Bertz CT molecular complexity index is 77.8. The molecule has 0 aromatic rings. The van der Waals surface area contributed by atoms with Gasteiger partial charge in [0.25, 0.3) is 0 Å². The predicted molar refractivity (Wildman–Crippen MR) is 31.3 cm³/mol. The van der Waals surface area contributed by atoms with E-state index in [1.54, 1.807) is 0 Å². The highest BCUT2D eigenvalue weighted by molar-refractivity contribution is 6.18. The molecule has 0 aromatic heterocycles. The van der Waals surface area contributed by atoms with Crippen LogP contribution in [0.4, 0.5) is 0 Å². The van der Waals surface area contributed by atoms with E-state index in [0.29, 0.717) is 12.4 Å². The van der Waals surface area contributed by atoms with Crippen LogP contribution in [0.25, 0.3) is 0 Å². The number of rotatable bonds is 4. The van der Waals surface area contributed by atoms with Crippen molar-refractivity contribution in [3.05, 3.63) is 0 Å². The summed E-state index contributed by atoms with van der Waals surface area (Å²) in [6.45, 7) is 0.820. The number of hydrogen-bond acceptors (Lipinski definition) is 2. The number of nitrogens with one attached hydrogen (secondary N) is 1. The summed E-state index contributed by atoms with van der Waals surface area (Å²) < 4.78 is 0. The van der Waals surface area contributed by atoms with Gasteiger partial charge in [-0.1, -0.05) is 0 Å². The van der Waals surface area contributed by atoms with Crippen molar-refractivity contribution in [2.24, 2.45) is 0 Å². The van der Waals surface area contributed by atoms with Crippen LogP contribution in [0.15, 0.2) is 0 Å². The molecular formula is C4H7ClN3. The average Bonchev–Trinajstić information content (AvgIpc) is 1.81. The molecule has 0 aliphatic heterocycles. The first-order chi connectivity index (χ1) is 3.91. The molecule has 0 atom stereocenters. The van der Waals surface area contributed by atoms with E-state index in [0.717, 1.165) is 0 Å². The lowest BCUT2D eigenvalue weighted by atomic mass is 10.7. The predicted octanol–water partition coefficient (Wildman–Crippen LogP) is -0.142. The number of halogens is 1. The Labute approximate surface area is 53.6 Å². The van der Waals surface area contributed by atoms with Gasteiger partial charge in [0.05, 0.1) is 12.6 Å². The van der Waals surface area contributed by atoms with E-state index in [1.807, 2.05) is 6.07 Å².